The normalized spacial score (nSPS) is 11.5. The van der Waals surface area contributed by atoms with E-state index in [4.69, 9.17) is 0 Å². The summed E-state index contributed by atoms with van der Waals surface area (Å²) in [5, 5.41) is 0. The number of nitrogens with zero attached hydrogens (tertiary/aromatic N) is 1. The summed E-state index contributed by atoms with van der Waals surface area (Å²) < 4.78 is 26.7. The molecule has 0 aliphatic rings. The topological polar surface area (TPSA) is 3.24 Å². The third-order valence-corrected chi connectivity index (χ3v) is 3.25. The molecule has 74 valence electrons. The molecule has 0 aromatic carbocycles. The van der Waals surface area contributed by atoms with Gasteiger partial charge in [0.15, 0.2) is 0 Å². The van der Waals surface area contributed by atoms with E-state index in [0.29, 0.717) is 6.54 Å². The molecule has 0 aromatic heterocycles. The van der Waals surface area contributed by atoms with E-state index < -0.39 is 6.43 Å². The molecule has 0 rings (SSSR count). The third-order valence-electron chi connectivity index (χ3n) is 1.25. The molecule has 0 aromatic rings. The summed E-state index contributed by atoms with van der Waals surface area (Å²) >= 11 is 3.81. The molecule has 0 unspecified atom stereocenters. The number of rotatable bonds is 7. The van der Waals surface area contributed by atoms with Crippen molar-refractivity contribution in [2.24, 2.45) is 0 Å². The van der Waals surface area contributed by atoms with Crippen molar-refractivity contribution in [2.75, 3.05) is 23.3 Å². The van der Waals surface area contributed by atoms with Crippen molar-refractivity contribution in [1.29, 1.82) is 0 Å². The van der Waals surface area contributed by atoms with Gasteiger partial charge in [-0.3, -0.25) is 0 Å². The largest absolute Gasteiger partial charge is 0.252 e. The molecule has 12 heavy (non-hydrogen) atoms. The summed E-state index contributed by atoms with van der Waals surface area (Å²) in [5.41, 5.74) is 0. The van der Waals surface area contributed by atoms with Gasteiger partial charge < -0.3 is 0 Å². The van der Waals surface area contributed by atoms with Crippen LogP contribution < -0.4 is 0 Å². The third kappa shape index (κ3) is 7.54. The molecule has 0 amide bonds. The lowest BCUT2D eigenvalue weighted by atomic mass is 10.6. The minimum Gasteiger partial charge on any atom is -0.245 e. The van der Waals surface area contributed by atoms with Gasteiger partial charge in [-0.2, -0.15) is 0 Å². The van der Waals surface area contributed by atoms with Gasteiger partial charge in [0.2, 0.25) is 0 Å². The molecule has 0 fully saturated rings. The molecule has 0 aliphatic heterocycles. The molecule has 0 saturated heterocycles. The molecule has 0 radical (unpaired) electrons. The molecule has 0 atom stereocenters. The van der Waals surface area contributed by atoms with Crippen LogP contribution in [-0.4, -0.2) is 34.0 Å². The Bertz CT molecular complexity index is 105. The van der Waals surface area contributed by atoms with Gasteiger partial charge in [-0.25, -0.2) is 13.1 Å². The number of hydrogen-bond donors (Lipinski definition) is 0. The Labute approximate surface area is 90.5 Å². The highest BCUT2D eigenvalue weighted by atomic mass is 127. The van der Waals surface area contributed by atoms with E-state index in [1.54, 1.807) is 4.31 Å². The molecule has 5 heteroatoms. The Morgan fingerprint density at radius 3 is 2.58 bits per heavy atom. The van der Waals surface area contributed by atoms with Gasteiger partial charge in [-0.1, -0.05) is 41.5 Å². The first-order valence-electron chi connectivity index (χ1n) is 3.92. The second-order valence-corrected chi connectivity index (χ2v) is 4.51. The van der Waals surface area contributed by atoms with E-state index in [0.717, 1.165) is 16.6 Å². The summed E-state index contributed by atoms with van der Waals surface area (Å²) in [5.74, 6) is 0.948. The van der Waals surface area contributed by atoms with Crippen molar-refractivity contribution < 1.29 is 8.78 Å². The first-order chi connectivity index (χ1) is 5.70. The van der Waals surface area contributed by atoms with Crippen LogP contribution in [0.2, 0.25) is 0 Å². The highest BCUT2D eigenvalue weighted by Gasteiger charge is 2.09. The highest BCUT2D eigenvalue weighted by molar-refractivity contribution is 14.1. The average Bonchev–Trinajstić information content (AvgIpc) is 2.02. The Balaban J connectivity index is 3.39. The number of hydrogen-bond acceptors (Lipinski definition) is 2. The van der Waals surface area contributed by atoms with Gasteiger partial charge in [0.1, 0.15) is 0 Å². The predicted octanol–water partition coefficient (Wildman–Crippen LogP) is 3.05. The van der Waals surface area contributed by atoms with Crippen molar-refractivity contribution in [3.05, 3.63) is 0 Å². The van der Waals surface area contributed by atoms with Crippen LogP contribution >= 0.6 is 34.5 Å². The smallest absolute Gasteiger partial charge is 0.245 e. The second-order valence-electron chi connectivity index (χ2n) is 2.25. The molecule has 0 N–H and O–H groups in total. The molecular weight excluding hydrogens is 295 g/mol. The van der Waals surface area contributed by atoms with Crippen LogP contribution in [0.15, 0.2) is 0 Å². The maximum Gasteiger partial charge on any atom is 0.252 e. The SMILES string of the molecule is CCN(CC(F)F)SCCCI. The predicted molar refractivity (Wildman–Crippen MR) is 59.2 cm³/mol. The van der Waals surface area contributed by atoms with Crippen LogP contribution in [0.1, 0.15) is 13.3 Å². The maximum absolute atomic E-state index is 11.9. The van der Waals surface area contributed by atoms with Gasteiger partial charge in [0, 0.05) is 16.7 Å². The average molecular weight is 309 g/mol. The van der Waals surface area contributed by atoms with Crippen LogP contribution in [-0.2, 0) is 0 Å². The van der Waals surface area contributed by atoms with E-state index >= 15 is 0 Å². The van der Waals surface area contributed by atoms with Crippen molar-refractivity contribution in [3.8, 4) is 0 Å². The Morgan fingerprint density at radius 1 is 1.50 bits per heavy atom. The minimum atomic E-state index is -2.21. The van der Waals surface area contributed by atoms with E-state index in [9.17, 15) is 8.78 Å². The van der Waals surface area contributed by atoms with E-state index in [2.05, 4.69) is 22.6 Å². The van der Waals surface area contributed by atoms with Crippen molar-refractivity contribution in [1.82, 2.24) is 4.31 Å². The molecule has 0 aliphatic carbocycles. The standard InChI is InChI=1S/C7H14F2INS/c1-2-11(6-7(8)9)12-5-3-4-10/h7H,2-6H2,1H3. The van der Waals surface area contributed by atoms with Gasteiger partial charge in [-0.05, 0) is 6.42 Å². The van der Waals surface area contributed by atoms with Gasteiger partial charge >= 0.3 is 0 Å². The Hall–Kier alpha value is 0.900. The van der Waals surface area contributed by atoms with Crippen LogP contribution in [0.25, 0.3) is 0 Å². The molecule has 1 nitrogen and oxygen atoms in total. The van der Waals surface area contributed by atoms with Gasteiger partial charge in [0.25, 0.3) is 6.43 Å². The summed E-state index contributed by atoms with van der Waals surface area (Å²) in [4.78, 5) is 0. The lowest BCUT2D eigenvalue weighted by Gasteiger charge is -2.17. The van der Waals surface area contributed by atoms with E-state index in [-0.39, 0.29) is 6.54 Å². The van der Waals surface area contributed by atoms with Crippen molar-refractivity contribution in [2.45, 2.75) is 19.8 Å². The molecule has 0 saturated carbocycles. The molecule has 0 spiro atoms. The van der Waals surface area contributed by atoms with E-state index in [1.807, 2.05) is 6.92 Å². The molecule has 0 bridgehead atoms. The van der Waals surface area contributed by atoms with Crippen LogP contribution in [0.3, 0.4) is 0 Å². The van der Waals surface area contributed by atoms with E-state index in [1.165, 1.54) is 11.9 Å². The zero-order valence-corrected chi connectivity index (χ0v) is 10.1. The number of halogens is 3. The summed E-state index contributed by atoms with van der Waals surface area (Å²) in [7, 11) is 0. The first kappa shape index (κ1) is 12.9. The van der Waals surface area contributed by atoms with Gasteiger partial charge in [0.05, 0.1) is 6.54 Å². The second kappa shape index (κ2) is 8.50. The fraction of sp³-hybridized carbons (Fsp3) is 1.00. The Kier molecular flexibility index (Phi) is 9.13. The zero-order chi connectivity index (χ0) is 9.40. The molecular formula is C7H14F2INS. The lowest BCUT2D eigenvalue weighted by molar-refractivity contribution is 0.125. The quantitative estimate of drug-likeness (QED) is 0.308. The van der Waals surface area contributed by atoms with Crippen LogP contribution in [0, 0.1) is 0 Å². The van der Waals surface area contributed by atoms with Gasteiger partial charge in [-0.15, -0.1) is 0 Å². The Morgan fingerprint density at radius 2 is 2.17 bits per heavy atom. The maximum atomic E-state index is 11.9. The highest BCUT2D eigenvalue weighted by Crippen LogP contribution is 2.13. The van der Waals surface area contributed by atoms with Crippen molar-refractivity contribution >= 4 is 34.5 Å². The minimum absolute atomic E-state index is 0.109. The van der Waals surface area contributed by atoms with Crippen molar-refractivity contribution in [3.63, 3.8) is 0 Å². The summed E-state index contributed by atoms with van der Waals surface area (Å²) in [6, 6.07) is 0. The number of alkyl halides is 3. The monoisotopic (exact) mass is 309 g/mol. The fourth-order valence-corrected chi connectivity index (χ4v) is 2.51. The first-order valence-corrected chi connectivity index (χ1v) is 6.39. The summed E-state index contributed by atoms with van der Waals surface area (Å²) in [6.07, 6.45) is -1.12. The van der Waals surface area contributed by atoms with Crippen LogP contribution in [0.5, 0.6) is 0 Å². The summed E-state index contributed by atoms with van der Waals surface area (Å²) in [6.45, 7) is 2.48. The zero-order valence-electron chi connectivity index (χ0n) is 7.10. The fourth-order valence-electron chi connectivity index (χ4n) is 0.675. The molecule has 0 heterocycles. The van der Waals surface area contributed by atoms with Crippen LogP contribution in [0.4, 0.5) is 8.78 Å². The lowest BCUT2D eigenvalue weighted by Crippen LogP contribution is -2.22.